The largest absolute Gasteiger partial charge is 0.322 e. The van der Waals surface area contributed by atoms with Crippen LogP contribution in [0.1, 0.15) is 47.0 Å². The Morgan fingerprint density at radius 2 is 2.00 bits per heavy atom. The average Bonchev–Trinajstić information content (AvgIpc) is 2.73. The Balaban J connectivity index is 2.18. The number of rotatable bonds is 2. The van der Waals surface area contributed by atoms with E-state index in [1.54, 1.807) is 0 Å². The van der Waals surface area contributed by atoms with Crippen LogP contribution in [-0.2, 0) is 4.79 Å². The fraction of sp³-hybridized carbons (Fsp3) is 0.923. The van der Waals surface area contributed by atoms with Crippen molar-refractivity contribution in [1.82, 2.24) is 10.2 Å². The van der Waals surface area contributed by atoms with Gasteiger partial charge >= 0.3 is 0 Å². The van der Waals surface area contributed by atoms with Gasteiger partial charge < -0.3 is 4.90 Å². The molecule has 2 fully saturated rings. The highest BCUT2D eigenvalue weighted by molar-refractivity contribution is 5.84. The van der Waals surface area contributed by atoms with Gasteiger partial charge in [0.1, 0.15) is 0 Å². The Kier molecular flexibility index (Phi) is 3.24. The second kappa shape index (κ2) is 4.36. The highest BCUT2D eigenvalue weighted by atomic mass is 16.2. The third-order valence-electron chi connectivity index (χ3n) is 4.15. The Morgan fingerprint density at radius 3 is 2.50 bits per heavy atom. The van der Waals surface area contributed by atoms with Crippen LogP contribution < -0.4 is 5.32 Å². The molecular formula is C13H24N2O. The van der Waals surface area contributed by atoms with E-state index in [1.807, 2.05) is 6.92 Å². The van der Waals surface area contributed by atoms with Gasteiger partial charge in [-0.25, -0.2) is 0 Å². The molecule has 2 rings (SSSR count). The molecule has 1 heterocycles. The lowest BCUT2D eigenvalue weighted by Crippen LogP contribution is -2.48. The molecule has 1 amide bonds. The molecule has 0 bridgehead atoms. The molecule has 1 aliphatic carbocycles. The van der Waals surface area contributed by atoms with Gasteiger partial charge in [0.25, 0.3) is 0 Å². The molecule has 0 aromatic heterocycles. The molecule has 0 spiro atoms. The first-order valence-electron chi connectivity index (χ1n) is 6.60. The van der Waals surface area contributed by atoms with Crippen molar-refractivity contribution in [1.29, 1.82) is 0 Å². The van der Waals surface area contributed by atoms with Gasteiger partial charge in [0.05, 0.1) is 12.2 Å². The SMILES string of the molecule is CC1NC(C(C)C)N(C2CCCC2C)C1=O. The third-order valence-corrected chi connectivity index (χ3v) is 4.15. The zero-order valence-corrected chi connectivity index (χ0v) is 10.9. The molecule has 0 aromatic rings. The van der Waals surface area contributed by atoms with Gasteiger partial charge in [-0.1, -0.05) is 27.2 Å². The summed E-state index contributed by atoms with van der Waals surface area (Å²) in [7, 11) is 0. The molecule has 3 nitrogen and oxygen atoms in total. The summed E-state index contributed by atoms with van der Waals surface area (Å²) in [5, 5.41) is 3.43. The monoisotopic (exact) mass is 224 g/mol. The molecular weight excluding hydrogens is 200 g/mol. The van der Waals surface area contributed by atoms with Crippen molar-refractivity contribution in [2.45, 2.75) is 65.2 Å². The van der Waals surface area contributed by atoms with Crippen molar-refractivity contribution in [2.75, 3.05) is 0 Å². The molecule has 16 heavy (non-hydrogen) atoms. The minimum absolute atomic E-state index is 0.000185. The zero-order valence-electron chi connectivity index (χ0n) is 10.9. The second-order valence-corrected chi connectivity index (χ2v) is 5.80. The molecule has 1 N–H and O–H groups in total. The Bertz CT molecular complexity index is 275. The first-order valence-corrected chi connectivity index (χ1v) is 6.60. The molecule has 2 aliphatic rings. The van der Waals surface area contributed by atoms with Gasteiger partial charge in [0, 0.05) is 6.04 Å². The first kappa shape index (κ1) is 11.9. The lowest BCUT2D eigenvalue weighted by Gasteiger charge is -2.34. The summed E-state index contributed by atoms with van der Waals surface area (Å²) in [6, 6.07) is 0.470. The van der Waals surface area contributed by atoms with Crippen LogP contribution in [0.15, 0.2) is 0 Å². The van der Waals surface area contributed by atoms with E-state index in [9.17, 15) is 4.79 Å². The predicted octanol–water partition coefficient (Wildman–Crippen LogP) is 1.98. The van der Waals surface area contributed by atoms with Gasteiger partial charge in [-0.05, 0) is 31.6 Å². The minimum Gasteiger partial charge on any atom is -0.322 e. The fourth-order valence-electron chi connectivity index (χ4n) is 3.19. The van der Waals surface area contributed by atoms with Crippen molar-refractivity contribution in [3.8, 4) is 0 Å². The summed E-state index contributed by atoms with van der Waals surface area (Å²) in [5.41, 5.74) is 0. The van der Waals surface area contributed by atoms with Gasteiger partial charge in [-0.2, -0.15) is 0 Å². The maximum Gasteiger partial charge on any atom is 0.240 e. The van der Waals surface area contributed by atoms with Crippen LogP contribution in [0.25, 0.3) is 0 Å². The van der Waals surface area contributed by atoms with E-state index in [2.05, 4.69) is 31.0 Å². The van der Waals surface area contributed by atoms with Crippen molar-refractivity contribution < 1.29 is 4.79 Å². The van der Waals surface area contributed by atoms with Gasteiger partial charge in [-0.15, -0.1) is 0 Å². The molecule has 1 saturated carbocycles. The second-order valence-electron chi connectivity index (χ2n) is 5.80. The van der Waals surface area contributed by atoms with E-state index in [1.165, 1.54) is 19.3 Å². The number of amides is 1. The van der Waals surface area contributed by atoms with E-state index < -0.39 is 0 Å². The summed E-state index contributed by atoms with van der Waals surface area (Å²) in [6.07, 6.45) is 3.97. The van der Waals surface area contributed by atoms with Crippen LogP contribution in [0.4, 0.5) is 0 Å². The number of carbonyl (C=O) groups is 1. The van der Waals surface area contributed by atoms with Gasteiger partial charge in [-0.3, -0.25) is 10.1 Å². The number of nitrogens with one attached hydrogen (secondary N) is 1. The summed E-state index contributed by atoms with van der Waals surface area (Å²) in [5.74, 6) is 1.46. The molecule has 1 aliphatic heterocycles. The van der Waals surface area contributed by atoms with E-state index in [0.29, 0.717) is 23.8 Å². The standard InChI is InChI=1S/C13H24N2O/c1-8(2)12-14-10(4)13(16)15(12)11-7-5-6-9(11)3/h8-12,14H,5-7H2,1-4H3. The van der Waals surface area contributed by atoms with Gasteiger partial charge in [0.2, 0.25) is 5.91 Å². The summed E-state index contributed by atoms with van der Waals surface area (Å²) in [6.45, 7) is 8.65. The molecule has 0 aromatic carbocycles. The van der Waals surface area contributed by atoms with Crippen LogP contribution in [0.5, 0.6) is 0 Å². The molecule has 92 valence electrons. The smallest absolute Gasteiger partial charge is 0.240 e. The Hall–Kier alpha value is -0.570. The number of hydrogen-bond donors (Lipinski definition) is 1. The maximum atomic E-state index is 12.2. The summed E-state index contributed by atoms with van der Waals surface area (Å²) >= 11 is 0. The quantitative estimate of drug-likeness (QED) is 0.778. The zero-order chi connectivity index (χ0) is 11.9. The molecule has 4 unspecified atom stereocenters. The molecule has 4 atom stereocenters. The van der Waals surface area contributed by atoms with Crippen LogP contribution in [-0.4, -0.2) is 29.1 Å². The van der Waals surface area contributed by atoms with Crippen molar-refractivity contribution >= 4 is 5.91 Å². The van der Waals surface area contributed by atoms with Crippen LogP contribution in [0.2, 0.25) is 0 Å². The van der Waals surface area contributed by atoms with Crippen molar-refractivity contribution in [3.63, 3.8) is 0 Å². The number of carbonyl (C=O) groups excluding carboxylic acids is 1. The summed E-state index contributed by atoms with van der Waals surface area (Å²) in [4.78, 5) is 14.4. The Labute approximate surface area is 98.6 Å². The van der Waals surface area contributed by atoms with Crippen molar-refractivity contribution in [2.24, 2.45) is 11.8 Å². The molecule has 3 heteroatoms. The molecule has 1 saturated heterocycles. The van der Waals surface area contributed by atoms with Crippen LogP contribution in [0.3, 0.4) is 0 Å². The highest BCUT2D eigenvalue weighted by Crippen LogP contribution is 2.33. The van der Waals surface area contributed by atoms with Crippen molar-refractivity contribution in [3.05, 3.63) is 0 Å². The van der Waals surface area contributed by atoms with E-state index >= 15 is 0 Å². The summed E-state index contributed by atoms with van der Waals surface area (Å²) < 4.78 is 0. The fourth-order valence-corrected chi connectivity index (χ4v) is 3.19. The Morgan fingerprint density at radius 1 is 1.31 bits per heavy atom. The third kappa shape index (κ3) is 1.86. The number of nitrogens with zero attached hydrogens (tertiary/aromatic N) is 1. The number of hydrogen-bond acceptors (Lipinski definition) is 2. The van der Waals surface area contributed by atoms with E-state index in [0.717, 1.165) is 0 Å². The minimum atomic E-state index is 0.000185. The maximum absolute atomic E-state index is 12.2. The average molecular weight is 224 g/mol. The van der Waals surface area contributed by atoms with Crippen LogP contribution >= 0.6 is 0 Å². The lowest BCUT2D eigenvalue weighted by molar-refractivity contribution is -0.133. The highest BCUT2D eigenvalue weighted by Gasteiger charge is 2.44. The van der Waals surface area contributed by atoms with E-state index in [4.69, 9.17) is 0 Å². The normalized spacial score (nSPS) is 40.1. The predicted molar refractivity (Wildman–Crippen MR) is 64.9 cm³/mol. The van der Waals surface area contributed by atoms with Gasteiger partial charge in [0.15, 0.2) is 0 Å². The topological polar surface area (TPSA) is 32.3 Å². The van der Waals surface area contributed by atoms with Crippen LogP contribution in [0, 0.1) is 11.8 Å². The van der Waals surface area contributed by atoms with E-state index in [-0.39, 0.29) is 12.2 Å². The lowest BCUT2D eigenvalue weighted by atomic mass is 10.0. The first-order chi connectivity index (χ1) is 7.52. The molecule has 0 radical (unpaired) electrons.